The maximum Gasteiger partial charge on any atom is 0.143 e. The Morgan fingerprint density at radius 3 is 2.63 bits per heavy atom. The van der Waals surface area contributed by atoms with Crippen LogP contribution in [0.25, 0.3) is 0 Å². The summed E-state index contributed by atoms with van der Waals surface area (Å²) >= 11 is 6.11. The molecule has 1 aromatic carbocycles. The highest BCUT2D eigenvalue weighted by Crippen LogP contribution is 2.39. The molecule has 0 fully saturated rings. The number of benzene rings is 1. The molecule has 1 heterocycles. The summed E-state index contributed by atoms with van der Waals surface area (Å²) in [7, 11) is 0. The average Bonchev–Trinajstić information content (AvgIpc) is 2.40. The predicted molar refractivity (Wildman–Crippen MR) is 77.8 cm³/mol. The first kappa shape index (κ1) is 14.6. The Hall–Kier alpha value is -0.770. The molecule has 0 saturated carbocycles. The zero-order valence-electron chi connectivity index (χ0n) is 11.6. The van der Waals surface area contributed by atoms with E-state index >= 15 is 0 Å². The number of aliphatic hydroxyl groups is 1. The Morgan fingerprint density at radius 2 is 2.00 bits per heavy atom. The Morgan fingerprint density at radius 1 is 1.32 bits per heavy atom. The number of hydrogen-bond acceptors (Lipinski definition) is 3. The molecular formula is C15H22ClNO2. The van der Waals surface area contributed by atoms with Crippen molar-refractivity contribution in [3.05, 3.63) is 28.8 Å². The fourth-order valence-corrected chi connectivity index (χ4v) is 2.94. The van der Waals surface area contributed by atoms with Crippen LogP contribution in [-0.4, -0.2) is 35.7 Å². The number of aliphatic hydroxyl groups excluding tert-OH is 1. The number of para-hydroxylation sites is 1. The smallest absolute Gasteiger partial charge is 0.143 e. The van der Waals surface area contributed by atoms with Gasteiger partial charge >= 0.3 is 0 Å². The second-order valence-corrected chi connectivity index (χ2v) is 5.42. The third-order valence-electron chi connectivity index (χ3n) is 3.57. The number of fused-ring (bicyclic) bond motifs is 1. The largest absolute Gasteiger partial charge is 0.490 e. The number of nitrogens with zero attached hydrogens (tertiary/aromatic N) is 1. The van der Waals surface area contributed by atoms with Gasteiger partial charge in [0.1, 0.15) is 18.5 Å². The van der Waals surface area contributed by atoms with Crippen LogP contribution in [0.4, 0.5) is 0 Å². The van der Waals surface area contributed by atoms with Crippen LogP contribution >= 0.6 is 11.6 Å². The lowest BCUT2D eigenvalue weighted by atomic mass is 9.97. The van der Waals surface area contributed by atoms with E-state index in [-0.39, 0.29) is 6.04 Å². The molecule has 4 heteroatoms. The highest BCUT2D eigenvalue weighted by atomic mass is 35.5. The van der Waals surface area contributed by atoms with Gasteiger partial charge in [-0.05, 0) is 32.0 Å². The molecule has 2 rings (SSSR count). The van der Waals surface area contributed by atoms with Crippen LogP contribution in [0.1, 0.15) is 38.4 Å². The van der Waals surface area contributed by atoms with E-state index in [4.69, 9.17) is 16.3 Å². The van der Waals surface area contributed by atoms with Crippen molar-refractivity contribution in [3.63, 3.8) is 0 Å². The molecule has 0 bridgehead atoms. The van der Waals surface area contributed by atoms with E-state index in [2.05, 4.69) is 18.7 Å². The monoisotopic (exact) mass is 283 g/mol. The van der Waals surface area contributed by atoms with E-state index in [1.165, 1.54) is 0 Å². The number of rotatable bonds is 5. The van der Waals surface area contributed by atoms with Gasteiger partial charge in [0.15, 0.2) is 0 Å². The van der Waals surface area contributed by atoms with Crippen molar-refractivity contribution in [3.8, 4) is 5.75 Å². The molecule has 0 spiro atoms. The number of halogens is 1. The van der Waals surface area contributed by atoms with Crippen molar-refractivity contribution in [2.24, 2.45) is 0 Å². The summed E-state index contributed by atoms with van der Waals surface area (Å²) in [6, 6.07) is 5.57. The molecule has 0 amide bonds. The van der Waals surface area contributed by atoms with E-state index in [9.17, 15) is 5.11 Å². The van der Waals surface area contributed by atoms with E-state index in [1.54, 1.807) is 6.07 Å². The van der Waals surface area contributed by atoms with Gasteiger partial charge in [0, 0.05) is 5.56 Å². The first-order valence-corrected chi connectivity index (χ1v) is 7.40. The lowest BCUT2D eigenvalue weighted by Gasteiger charge is -2.38. The third-order valence-corrected chi connectivity index (χ3v) is 3.87. The molecule has 0 saturated heterocycles. The minimum absolute atomic E-state index is 0.0193. The SMILES string of the molecule is CCCN(CCC)C1COc2c(Cl)cccc2C1O. The van der Waals surface area contributed by atoms with Crippen LogP contribution in [0, 0.1) is 0 Å². The summed E-state index contributed by atoms with van der Waals surface area (Å²) in [6.07, 6.45) is 1.62. The molecule has 2 atom stereocenters. The van der Waals surface area contributed by atoms with Gasteiger partial charge in [-0.15, -0.1) is 0 Å². The zero-order valence-corrected chi connectivity index (χ0v) is 12.4. The maximum atomic E-state index is 10.6. The minimum atomic E-state index is -0.527. The van der Waals surface area contributed by atoms with Gasteiger partial charge in [-0.3, -0.25) is 4.90 Å². The summed E-state index contributed by atoms with van der Waals surface area (Å²) < 4.78 is 5.78. The van der Waals surface area contributed by atoms with Crippen molar-refractivity contribution in [1.82, 2.24) is 4.90 Å². The van der Waals surface area contributed by atoms with Crippen molar-refractivity contribution >= 4 is 11.6 Å². The lowest BCUT2D eigenvalue weighted by molar-refractivity contribution is 0.00335. The normalized spacial score (nSPS) is 22.2. The number of hydrogen-bond donors (Lipinski definition) is 1. The maximum absolute atomic E-state index is 10.6. The van der Waals surface area contributed by atoms with Crippen LogP contribution in [-0.2, 0) is 0 Å². The molecule has 1 aromatic rings. The first-order chi connectivity index (χ1) is 9.19. The van der Waals surface area contributed by atoms with Crippen molar-refractivity contribution < 1.29 is 9.84 Å². The standard InChI is InChI=1S/C15H22ClNO2/c1-3-8-17(9-4-2)13-10-19-15-11(14(13)18)6-5-7-12(15)16/h5-7,13-14,18H,3-4,8-10H2,1-2H3. The molecular weight excluding hydrogens is 262 g/mol. The predicted octanol–water partition coefficient (Wildman–Crippen LogP) is 3.26. The summed E-state index contributed by atoms with van der Waals surface area (Å²) in [5.74, 6) is 0.640. The average molecular weight is 284 g/mol. The molecule has 2 unspecified atom stereocenters. The van der Waals surface area contributed by atoms with Gasteiger partial charge in [-0.25, -0.2) is 0 Å². The fraction of sp³-hybridized carbons (Fsp3) is 0.600. The zero-order chi connectivity index (χ0) is 13.8. The van der Waals surface area contributed by atoms with Gasteiger partial charge < -0.3 is 9.84 Å². The molecule has 1 aliphatic heterocycles. The number of ether oxygens (including phenoxy) is 1. The van der Waals surface area contributed by atoms with Crippen LogP contribution in [0.5, 0.6) is 5.75 Å². The molecule has 1 aliphatic rings. The minimum Gasteiger partial charge on any atom is -0.490 e. The van der Waals surface area contributed by atoms with Crippen LogP contribution in [0.15, 0.2) is 18.2 Å². The Bertz CT molecular complexity index is 419. The van der Waals surface area contributed by atoms with Crippen LogP contribution < -0.4 is 4.74 Å². The summed E-state index contributed by atoms with van der Waals surface area (Å²) in [4.78, 5) is 2.31. The van der Waals surface area contributed by atoms with E-state index in [0.717, 1.165) is 31.5 Å². The highest BCUT2D eigenvalue weighted by molar-refractivity contribution is 6.32. The van der Waals surface area contributed by atoms with Crippen molar-refractivity contribution in [2.45, 2.75) is 38.8 Å². The van der Waals surface area contributed by atoms with Crippen LogP contribution in [0.3, 0.4) is 0 Å². The first-order valence-electron chi connectivity index (χ1n) is 7.02. The van der Waals surface area contributed by atoms with Crippen molar-refractivity contribution in [2.75, 3.05) is 19.7 Å². The Kier molecular flexibility index (Phi) is 5.08. The lowest BCUT2D eigenvalue weighted by Crippen LogP contribution is -2.46. The summed E-state index contributed by atoms with van der Waals surface area (Å²) in [6.45, 7) is 6.77. The summed E-state index contributed by atoms with van der Waals surface area (Å²) in [5, 5.41) is 11.2. The third kappa shape index (κ3) is 3.04. The van der Waals surface area contributed by atoms with Crippen molar-refractivity contribution in [1.29, 1.82) is 0 Å². The van der Waals surface area contributed by atoms with E-state index in [0.29, 0.717) is 17.4 Å². The fourth-order valence-electron chi connectivity index (χ4n) is 2.70. The molecule has 1 N–H and O–H groups in total. The second-order valence-electron chi connectivity index (χ2n) is 5.02. The van der Waals surface area contributed by atoms with Gasteiger partial charge in [0.2, 0.25) is 0 Å². The van der Waals surface area contributed by atoms with Gasteiger partial charge in [0.05, 0.1) is 11.1 Å². The second kappa shape index (κ2) is 6.60. The van der Waals surface area contributed by atoms with E-state index < -0.39 is 6.10 Å². The van der Waals surface area contributed by atoms with Crippen LogP contribution in [0.2, 0.25) is 5.02 Å². The summed E-state index contributed by atoms with van der Waals surface area (Å²) in [5.41, 5.74) is 0.806. The quantitative estimate of drug-likeness (QED) is 0.900. The van der Waals surface area contributed by atoms with Gasteiger partial charge in [-0.1, -0.05) is 37.6 Å². The highest BCUT2D eigenvalue weighted by Gasteiger charge is 2.33. The Labute approximate surface area is 120 Å². The molecule has 0 radical (unpaired) electrons. The molecule has 106 valence electrons. The molecule has 19 heavy (non-hydrogen) atoms. The van der Waals surface area contributed by atoms with Gasteiger partial charge in [-0.2, -0.15) is 0 Å². The van der Waals surface area contributed by atoms with E-state index in [1.807, 2.05) is 12.1 Å². The molecule has 0 aromatic heterocycles. The molecule has 3 nitrogen and oxygen atoms in total. The topological polar surface area (TPSA) is 32.7 Å². The Balaban J connectivity index is 2.22. The van der Waals surface area contributed by atoms with Gasteiger partial charge in [0.25, 0.3) is 0 Å². The molecule has 0 aliphatic carbocycles.